The second-order valence-electron chi connectivity index (χ2n) is 1.21. The first-order chi connectivity index (χ1) is 4.34. The van der Waals surface area contributed by atoms with Gasteiger partial charge in [0.15, 0.2) is 0 Å². The Kier molecular flexibility index (Phi) is 2.70. The molecule has 2 N–H and O–H groups in total. The fraction of sp³-hybridized carbons (Fsp3) is 0.333. The van der Waals surface area contributed by atoms with Gasteiger partial charge >= 0.3 is 16.9 Å². The fourth-order valence-corrected chi connectivity index (χ4v) is 0.230. The molecule has 0 bridgehead atoms. The second-order valence-corrected chi connectivity index (χ2v) is 2.20. The molecule has 0 saturated carbocycles. The summed E-state index contributed by atoms with van der Waals surface area (Å²) in [5, 5.41) is 0. The van der Waals surface area contributed by atoms with Gasteiger partial charge < -0.3 is 10.5 Å². The van der Waals surface area contributed by atoms with E-state index in [9.17, 15) is 18.4 Å². The van der Waals surface area contributed by atoms with Crippen LogP contribution in [0.5, 0.6) is 0 Å². The summed E-state index contributed by atoms with van der Waals surface area (Å²) in [5.74, 6) is -2.03. The van der Waals surface area contributed by atoms with Crippen LogP contribution in [0.3, 0.4) is 0 Å². The van der Waals surface area contributed by atoms with Crippen LogP contribution in [-0.4, -0.2) is 16.9 Å². The van der Waals surface area contributed by atoms with Crippen LogP contribution < -0.4 is 5.73 Å². The van der Waals surface area contributed by atoms with Crippen molar-refractivity contribution >= 4 is 28.0 Å². The van der Waals surface area contributed by atoms with Gasteiger partial charge in [0.1, 0.15) is 0 Å². The van der Waals surface area contributed by atoms with Crippen molar-refractivity contribution in [3.63, 3.8) is 0 Å². The Morgan fingerprint density at radius 1 is 1.50 bits per heavy atom. The van der Waals surface area contributed by atoms with Crippen molar-refractivity contribution < 1.29 is 23.1 Å². The van der Waals surface area contributed by atoms with Gasteiger partial charge in [0, 0.05) is 15.9 Å². The molecule has 1 amide bonds. The number of esters is 1. The minimum atomic E-state index is -3.86. The van der Waals surface area contributed by atoms with Crippen molar-refractivity contribution in [3.8, 4) is 0 Å². The highest BCUT2D eigenvalue weighted by atomic mass is 79.9. The molecule has 0 rings (SSSR count). The van der Waals surface area contributed by atoms with E-state index in [2.05, 4.69) is 10.5 Å². The third kappa shape index (κ3) is 3.33. The van der Waals surface area contributed by atoms with Crippen LogP contribution in [0.15, 0.2) is 0 Å². The van der Waals surface area contributed by atoms with Gasteiger partial charge in [-0.25, -0.2) is 9.59 Å². The molecule has 0 aliphatic heterocycles. The van der Waals surface area contributed by atoms with Gasteiger partial charge in [0.25, 0.3) is 0 Å². The molecule has 0 spiro atoms. The summed E-state index contributed by atoms with van der Waals surface area (Å²) < 4.78 is 26.7. The lowest BCUT2D eigenvalue weighted by molar-refractivity contribution is -0.152. The molecule has 0 aliphatic rings. The molecule has 0 radical (unpaired) electrons. The van der Waals surface area contributed by atoms with E-state index in [-0.39, 0.29) is 0 Å². The van der Waals surface area contributed by atoms with Crippen LogP contribution in [0.2, 0.25) is 0 Å². The number of halogens is 3. The van der Waals surface area contributed by atoms with Crippen molar-refractivity contribution in [1.29, 1.82) is 0 Å². The summed E-state index contributed by atoms with van der Waals surface area (Å²) in [6.45, 7) is 0. The maximum absolute atomic E-state index is 11.7. The molecule has 0 atom stereocenters. The highest BCUT2D eigenvalue weighted by molar-refractivity contribution is 9.10. The van der Waals surface area contributed by atoms with E-state index in [4.69, 9.17) is 0 Å². The van der Waals surface area contributed by atoms with E-state index in [1.165, 1.54) is 0 Å². The fourth-order valence-electron chi connectivity index (χ4n) is 0.149. The van der Waals surface area contributed by atoms with Crippen molar-refractivity contribution in [2.75, 3.05) is 0 Å². The van der Waals surface area contributed by atoms with Crippen LogP contribution in [0.1, 0.15) is 0 Å². The molecule has 0 aromatic rings. The zero-order valence-electron chi connectivity index (χ0n) is 4.44. The Morgan fingerprint density at radius 2 is 1.90 bits per heavy atom. The zero-order valence-corrected chi connectivity index (χ0v) is 6.02. The largest absolute Gasteiger partial charge is 0.412 e. The summed E-state index contributed by atoms with van der Waals surface area (Å²) in [7, 11) is 0. The minimum Gasteiger partial charge on any atom is -0.371 e. The Bertz CT molecular complexity index is 166. The molecule has 58 valence electrons. The van der Waals surface area contributed by atoms with Crippen molar-refractivity contribution in [2.45, 2.75) is 4.83 Å². The zero-order chi connectivity index (χ0) is 8.36. The summed E-state index contributed by atoms with van der Waals surface area (Å²) >= 11 is 1.66. The third-order valence-electron chi connectivity index (χ3n) is 0.425. The van der Waals surface area contributed by atoms with E-state index in [1.54, 1.807) is 15.9 Å². The Balaban J connectivity index is 3.99. The van der Waals surface area contributed by atoms with Gasteiger partial charge in [0.2, 0.25) is 0 Å². The average Bonchev–Trinajstić information content (AvgIpc) is 1.60. The van der Waals surface area contributed by atoms with E-state index < -0.39 is 16.9 Å². The third-order valence-corrected chi connectivity index (χ3v) is 0.748. The summed E-state index contributed by atoms with van der Waals surface area (Å²) in [5.41, 5.74) is 4.25. The number of amides is 1. The van der Waals surface area contributed by atoms with Crippen molar-refractivity contribution in [2.24, 2.45) is 5.73 Å². The number of rotatable bonds is 1. The maximum Gasteiger partial charge on any atom is 0.412 e. The van der Waals surface area contributed by atoms with E-state index in [1.807, 2.05) is 0 Å². The molecular formula is C3H2BrF2NO3. The molecular weight excluding hydrogens is 216 g/mol. The van der Waals surface area contributed by atoms with Crippen LogP contribution in [0.4, 0.5) is 13.6 Å². The van der Waals surface area contributed by atoms with E-state index in [0.717, 1.165) is 0 Å². The number of primary amides is 1. The van der Waals surface area contributed by atoms with Gasteiger partial charge in [-0.3, -0.25) is 0 Å². The first kappa shape index (κ1) is 9.28. The number of carbonyl (C=O) groups excluding carboxylic acids is 2. The molecule has 0 saturated heterocycles. The maximum atomic E-state index is 11.7. The lowest BCUT2D eigenvalue weighted by Crippen LogP contribution is -2.29. The van der Waals surface area contributed by atoms with Gasteiger partial charge in [-0.05, 0) is 0 Å². The molecule has 0 aromatic heterocycles. The topological polar surface area (TPSA) is 69.4 Å². The molecule has 0 heterocycles. The van der Waals surface area contributed by atoms with Crippen molar-refractivity contribution in [3.05, 3.63) is 0 Å². The molecule has 4 nitrogen and oxygen atoms in total. The lowest BCUT2D eigenvalue weighted by atomic mass is 10.7. The van der Waals surface area contributed by atoms with Gasteiger partial charge in [-0.1, -0.05) is 0 Å². The number of hydrogen-bond acceptors (Lipinski definition) is 3. The van der Waals surface area contributed by atoms with E-state index in [0.29, 0.717) is 0 Å². The Labute approximate surface area is 62.4 Å². The molecule has 0 aromatic carbocycles. The molecule has 0 fully saturated rings. The lowest BCUT2D eigenvalue weighted by Gasteiger charge is -2.03. The highest BCUT2D eigenvalue weighted by Gasteiger charge is 2.38. The summed E-state index contributed by atoms with van der Waals surface area (Å²) in [4.78, 5) is 15.8. The number of carbonyl (C=O) groups is 2. The first-order valence-electron chi connectivity index (χ1n) is 1.92. The van der Waals surface area contributed by atoms with Gasteiger partial charge in [0.05, 0.1) is 0 Å². The monoisotopic (exact) mass is 217 g/mol. The number of alkyl halides is 3. The number of hydrogen-bond donors (Lipinski definition) is 1. The molecule has 0 aliphatic carbocycles. The summed E-state index contributed by atoms with van der Waals surface area (Å²) in [6, 6.07) is 0. The number of nitrogens with two attached hydrogens (primary N) is 1. The average molecular weight is 218 g/mol. The standard InChI is InChI=1S/C3H2BrF2NO3/c4-3(5,6)1(8)10-2(7)9/h(H2,7,9). The van der Waals surface area contributed by atoms with Crippen LogP contribution >= 0.6 is 15.9 Å². The van der Waals surface area contributed by atoms with Gasteiger partial charge in [-0.15, -0.1) is 0 Å². The number of ether oxygens (including phenoxy) is 1. The SMILES string of the molecule is NC(=O)OC(=O)C(F)(F)Br. The predicted octanol–water partition coefficient (Wildman–Crippen LogP) is 0.596. The molecule has 10 heavy (non-hydrogen) atoms. The predicted molar refractivity (Wildman–Crippen MR) is 29.5 cm³/mol. The molecule has 0 unspecified atom stereocenters. The first-order valence-corrected chi connectivity index (χ1v) is 2.72. The van der Waals surface area contributed by atoms with Gasteiger partial charge in [-0.2, -0.15) is 8.78 Å². The Morgan fingerprint density at radius 3 is 2.00 bits per heavy atom. The smallest absolute Gasteiger partial charge is 0.371 e. The normalized spacial score (nSPS) is 10.7. The Hall–Kier alpha value is -0.720. The summed E-state index contributed by atoms with van der Waals surface area (Å²) in [6.07, 6.45) is -1.57. The molecule has 7 heteroatoms. The van der Waals surface area contributed by atoms with Crippen LogP contribution in [0, 0.1) is 0 Å². The van der Waals surface area contributed by atoms with E-state index >= 15 is 0 Å². The van der Waals surface area contributed by atoms with Crippen LogP contribution in [0.25, 0.3) is 0 Å². The minimum absolute atomic E-state index is 1.57. The van der Waals surface area contributed by atoms with Crippen LogP contribution in [-0.2, 0) is 9.53 Å². The quantitative estimate of drug-likeness (QED) is 0.398. The highest BCUT2D eigenvalue weighted by Crippen LogP contribution is 2.22. The van der Waals surface area contributed by atoms with Crippen molar-refractivity contribution in [1.82, 2.24) is 0 Å². The second kappa shape index (κ2) is 2.91.